The van der Waals surface area contributed by atoms with Gasteiger partial charge in [-0.15, -0.1) is 0 Å². The lowest BCUT2D eigenvalue weighted by atomic mass is 10.1. The summed E-state index contributed by atoms with van der Waals surface area (Å²) >= 11 is 0. The van der Waals surface area contributed by atoms with Crippen molar-refractivity contribution in [2.24, 2.45) is 0 Å². The first-order chi connectivity index (χ1) is 12.4. The van der Waals surface area contributed by atoms with Gasteiger partial charge in [-0.1, -0.05) is 5.16 Å². The average molecular weight is 357 g/mol. The monoisotopic (exact) mass is 357 g/mol. The predicted molar refractivity (Wildman–Crippen MR) is 92.6 cm³/mol. The number of amides is 2. The van der Waals surface area contributed by atoms with Crippen LogP contribution < -0.4 is 0 Å². The van der Waals surface area contributed by atoms with E-state index in [0.29, 0.717) is 43.5 Å². The molecule has 1 unspecified atom stereocenters. The number of aromatic nitrogens is 3. The van der Waals surface area contributed by atoms with Crippen LogP contribution in [0.2, 0.25) is 0 Å². The molecule has 0 radical (unpaired) electrons. The zero-order valence-corrected chi connectivity index (χ0v) is 15.3. The van der Waals surface area contributed by atoms with Gasteiger partial charge < -0.3 is 18.9 Å². The van der Waals surface area contributed by atoms with Crippen molar-refractivity contribution in [2.75, 3.05) is 19.6 Å². The molecule has 0 aromatic carbocycles. The van der Waals surface area contributed by atoms with Crippen LogP contribution in [-0.4, -0.2) is 62.0 Å². The lowest BCUT2D eigenvalue weighted by Crippen LogP contribution is -2.61. The molecule has 8 nitrogen and oxygen atoms in total. The lowest BCUT2D eigenvalue weighted by molar-refractivity contribution is -0.132. The van der Waals surface area contributed by atoms with E-state index in [1.807, 2.05) is 27.8 Å². The molecule has 4 rings (SSSR count). The minimum absolute atomic E-state index is 0.0238. The summed E-state index contributed by atoms with van der Waals surface area (Å²) in [6, 6.07) is 4.05. The van der Waals surface area contributed by atoms with Gasteiger partial charge in [0, 0.05) is 38.3 Å². The number of hydrogen-bond acceptors (Lipinski definition) is 5. The van der Waals surface area contributed by atoms with Gasteiger partial charge in [0.1, 0.15) is 5.69 Å². The van der Waals surface area contributed by atoms with Crippen LogP contribution in [-0.2, 0) is 4.79 Å². The van der Waals surface area contributed by atoms with E-state index in [4.69, 9.17) is 4.52 Å². The topological polar surface area (TPSA) is 84.5 Å². The van der Waals surface area contributed by atoms with Gasteiger partial charge in [-0.25, -0.2) is 0 Å². The first-order valence-electron chi connectivity index (χ1n) is 9.00. The average Bonchev–Trinajstić information content (AvgIpc) is 3.25. The van der Waals surface area contributed by atoms with Crippen molar-refractivity contribution in [3.63, 3.8) is 0 Å². The van der Waals surface area contributed by atoms with Crippen molar-refractivity contribution < 1.29 is 14.1 Å². The molecule has 2 fully saturated rings. The zero-order valence-electron chi connectivity index (χ0n) is 15.3. The second-order valence-electron chi connectivity index (χ2n) is 7.39. The number of hydrogen-bond donors (Lipinski definition) is 0. The Labute approximate surface area is 151 Å². The molecule has 8 heteroatoms. The van der Waals surface area contributed by atoms with Crippen LogP contribution in [0.25, 0.3) is 0 Å². The fourth-order valence-corrected chi connectivity index (χ4v) is 3.73. The van der Waals surface area contributed by atoms with Gasteiger partial charge in [-0.05, 0) is 32.9 Å². The molecule has 0 bridgehead atoms. The minimum atomic E-state index is -0.0494. The molecule has 4 heterocycles. The maximum Gasteiger partial charge on any atom is 0.270 e. The summed E-state index contributed by atoms with van der Waals surface area (Å²) in [5.74, 6) is 1.18. The third-order valence-corrected chi connectivity index (χ3v) is 5.20. The normalized spacial score (nSPS) is 20.9. The molecular formula is C18H23N5O3. The molecule has 1 atom stereocenters. The third kappa shape index (κ3) is 2.79. The molecule has 2 saturated heterocycles. The zero-order chi connectivity index (χ0) is 18.4. The van der Waals surface area contributed by atoms with Crippen LogP contribution in [0.15, 0.2) is 22.9 Å². The Hall–Kier alpha value is -2.64. The van der Waals surface area contributed by atoms with Crippen LogP contribution in [0.5, 0.6) is 0 Å². The van der Waals surface area contributed by atoms with E-state index in [1.165, 1.54) is 0 Å². The van der Waals surface area contributed by atoms with E-state index in [1.54, 1.807) is 11.8 Å². The molecule has 2 aromatic heterocycles. The Morgan fingerprint density at radius 1 is 1.31 bits per heavy atom. The van der Waals surface area contributed by atoms with Crippen molar-refractivity contribution in [3.05, 3.63) is 35.7 Å². The van der Waals surface area contributed by atoms with Gasteiger partial charge in [0.05, 0.1) is 12.0 Å². The molecule has 26 heavy (non-hydrogen) atoms. The van der Waals surface area contributed by atoms with E-state index in [-0.39, 0.29) is 29.8 Å². The smallest absolute Gasteiger partial charge is 0.270 e. The largest absolute Gasteiger partial charge is 0.341 e. The van der Waals surface area contributed by atoms with Crippen molar-refractivity contribution in [1.82, 2.24) is 24.5 Å². The molecule has 2 amide bonds. The van der Waals surface area contributed by atoms with Crippen LogP contribution in [0.3, 0.4) is 0 Å². The second kappa shape index (κ2) is 6.26. The quantitative estimate of drug-likeness (QED) is 0.830. The van der Waals surface area contributed by atoms with Gasteiger partial charge in [0.25, 0.3) is 5.91 Å². The highest BCUT2D eigenvalue weighted by molar-refractivity contribution is 5.93. The number of likely N-dealkylation sites (tertiary alicyclic amines) is 2. The summed E-state index contributed by atoms with van der Waals surface area (Å²) in [7, 11) is 0. The fraction of sp³-hybridized carbons (Fsp3) is 0.556. The summed E-state index contributed by atoms with van der Waals surface area (Å²) in [5.41, 5.74) is 0.699. The Bertz CT molecular complexity index is 834. The van der Waals surface area contributed by atoms with E-state index in [9.17, 15) is 9.59 Å². The molecule has 2 aliphatic rings. The van der Waals surface area contributed by atoms with Crippen LogP contribution in [0.1, 0.15) is 54.4 Å². The Morgan fingerprint density at radius 3 is 2.73 bits per heavy atom. The van der Waals surface area contributed by atoms with Crippen molar-refractivity contribution in [2.45, 2.75) is 45.2 Å². The predicted octanol–water partition coefficient (Wildman–Crippen LogP) is 1.60. The summed E-state index contributed by atoms with van der Waals surface area (Å²) in [6.45, 7) is 7.60. The highest BCUT2D eigenvalue weighted by atomic mass is 16.5. The molecule has 2 aromatic rings. The van der Waals surface area contributed by atoms with E-state index in [2.05, 4.69) is 24.0 Å². The maximum atomic E-state index is 12.7. The van der Waals surface area contributed by atoms with Crippen molar-refractivity contribution in [3.8, 4) is 0 Å². The van der Waals surface area contributed by atoms with Gasteiger partial charge in [-0.2, -0.15) is 4.98 Å². The highest BCUT2D eigenvalue weighted by Crippen LogP contribution is 2.31. The molecule has 0 aliphatic carbocycles. The minimum Gasteiger partial charge on any atom is -0.341 e. The SMILES string of the molecule is Cc1noc(C2CC(=O)N(C3CN(C(=O)c4cccn4C(C)C)C3)C2)n1. The van der Waals surface area contributed by atoms with Crippen molar-refractivity contribution in [1.29, 1.82) is 0 Å². The highest BCUT2D eigenvalue weighted by Gasteiger charge is 2.43. The third-order valence-electron chi connectivity index (χ3n) is 5.20. The first kappa shape index (κ1) is 16.8. The number of carbonyl (C=O) groups is 2. The Kier molecular flexibility index (Phi) is 4.05. The lowest BCUT2D eigenvalue weighted by Gasteiger charge is -2.44. The van der Waals surface area contributed by atoms with Crippen LogP contribution >= 0.6 is 0 Å². The summed E-state index contributed by atoms with van der Waals surface area (Å²) in [6.07, 6.45) is 2.32. The van der Waals surface area contributed by atoms with Crippen LogP contribution in [0, 0.1) is 6.92 Å². The summed E-state index contributed by atoms with van der Waals surface area (Å²) in [4.78, 5) is 33.0. The fourth-order valence-electron chi connectivity index (χ4n) is 3.73. The molecule has 138 valence electrons. The number of nitrogens with zero attached hydrogens (tertiary/aromatic N) is 5. The molecule has 0 spiro atoms. The molecule has 0 saturated carbocycles. The summed E-state index contributed by atoms with van der Waals surface area (Å²) < 4.78 is 7.19. The van der Waals surface area contributed by atoms with E-state index >= 15 is 0 Å². The molecule has 0 N–H and O–H groups in total. The number of rotatable bonds is 4. The van der Waals surface area contributed by atoms with E-state index in [0.717, 1.165) is 0 Å². The summed E-state index contributed by atoms with van der Waals surface area (Å²) in [5, 5.41) is 3.81. The first-order valence-corrected chi connectivity index (χ1v) is 9.00. The Morgan fingerprint density at radius 2 is 2.08 bits per heavy atom. The number of aryl methyl sites for hydroxylation is 1. The van der Waals surface area contributed by atoms with Crippen LogP contribution in [0.4, 0.5) is 0 Å². The van der Waals surface area contributed by atoms with E-state index < -0.39 is 0 Å². The van der Waals surface area contributed by atoms with Crippen molar-refractivity contribution >= 4 is 11.8 Å². The van der Waals surface area contributed by atoms with Gasteiger partial charge in [0.15, 0.2) is 5.82 Å². The standard InChI is InChI=1S/C18H23N5O3/c1-11(2)22-6-4-5-15(22)18(25)21-9-14(10-21)23-8-13(7-16(23)24)17-19-12(3)20-26-17/h4-6,11,13-14H,7-10H2,1-3H3. The van der Waals surface area contributed by atoms with Gasteiger partial charge >= 0.3 is 0 Å². The number of carbonyl (C=O) groups excluding carboxylic acids is 2. The molecule has 2 aliphatic heterocycles. The maximum absolute atomic E-state index is 12.7. The second-order valence-corrected chi connectivity index (χ2v) is 7.39. The molecular weight excluding hydrogens is 334 g/mol. The Balaban J connectivity index is 1.38. The van der Waals surface area contributed by atoms with Gasteiger partial charge in [-0.3, -0.25) is 9.59 Å². The van der Waals surface area contributed by atoms with Gasteiger partial charge in [0.2, 0.25) is 11.8 Å².